The number of imidazole rings is 2. The van der Waals surface area contributed by atoms with Gasteiger partial charge in [0.15, 0.2) is 0 Å². The van der Waals surface area contributed by atoms with Crippen LogP contribution in [0.25, 0.3) is 28.2 Å². The first-order chi connectivity index (χ1) is 13.6. The summed E-state index contributed by atoms with van der Waals surface area (Å²) in [6, 6.07) is 9.66. The predicted octanol–water partition coefficient (Wildman–Crippen LogP) is 5.15. The van der Waals surface area contributed by atoms with Crippen molar-refractivity contribution < 1.29 is 13.2 Å². The van der Waals surface area contributed by atoms with Gasteiger partial charge in [-0.2, -0.15) is 0 Å². The van der Waals surface area contributed by atoms with Gasteiger partial charge in [0.25, 0.3) is 6.43 Å². The van der Waals surface area contributed by atoms with E-state index in [2.05, 4.69) is 9.97 Å². The molecule has 28 heavy (non-hydrogen) atoms. The average Bonchev–Trinajstić information content (AvgIpc) is 3.30. The van der Waals surface area contributed by atoms with E-state index < -0.39 is 13.0 Å². The van der Waals surface area contributed by atoms with Crippen molar-refractivity contribution in [1.29, 1.82) is 0 Å². The maximum absolute atomic E-state index is 13.3. The van der Waals surface area contributed by atoms with E-state index in [-0.39, 0.29) is 5.82 Å². The summed E-state index contributed by atoms with van der Waals surface area (Å²) in [5.41, 5.74) is 4.55. The number of aromatic nitrogens is 4. The van der Waals surface area contributed by atoms with E-state index in [4.69, 9.17) is 0 Å². The molecule has 0 bridgehead atoms. The van der Waals surface area contributed by atoms with Crippen molar-refractivity contribution in [1.82, 2.24) is 18.9 Å². The molecule has 4 aromatic rings. The molecular formula is C21H17F3N4. The van der Waals surface area contributed by atoms with Gasteiger partial charge in [-0.05, 0) is 49.2 Å². The van der Waals surface area contributed by atoms with E-state index in [0.29, 0.717) is 22.9 Å². The van der Waals surface area contributed by atoms with Crippen LogP contribution in [0.3, 0.4) is 0 Å². The van der Waals surface area contributed by atoms with Crippen molar-refractivity contribution in [3.63, 3.8) is 0 Å². The second-order valence-electron chi connectivity index (χ2n) is 7.10. The van der Waals surface area contributed by atoms with Crippen LogP contribution < -0.4 is 0 Å². The Labute approximate surface area is 159 Å². The van der Waals surface area contributed by atoms with Crippen LogP contribution in [0.4, 0.5) is 13.2 Å². The third kappa shape index (κ3) is 2.96. The van der Waals surface area contributed by atoms with Crippen molar-refractivity contribution in [2.75, 3.05) is 0 Å². The molecule has 142 valence electrons. The maximum Gasteiger partial charge on any atom is 0.256 e. The lowest BCUT2D eigenvalue weighted by molar-refractivity contribution is 0.127. The monoisotopic (exact) mass is 382 g/mol. The van der Waals surface area contributed by atoms with Gasteiger partial charge < -0.3 is 8.97 Å². The highest BCUT2D eigenvalue weighted by Gasteiger charge is 2.27. The van der Waals surface area contributed by atoms with Crippen LogP contribution in [0.15, 0.2) is 55.1 Å². The molecular weight excluding hydrogens is 365 g/mol. The number of pyridine rings is 1. The summed E-state index contributed by atoms with van der Waals surface area (Å²) in [6.45, 7) is -0.457. The van der Waals surface area contributed by atoms with E-state index in [1.807, 2.05) is 28.9 Å². The first kappa shape index (κ1) is 17.0. The van der Waals surface area contributed by atoms with Gasteiger partial charge in [0.05, 0.1) is 24.3 Å². The van der Waals surface area contributed by atoms with Crippen molar-refractivity contribution in [3.05, 3.63) is 66.6 Å². The van der Waals surface area contributed by atoms with Crippen molar-refractivity contribution >= 4 is 5.65 Å². The molecule has 3 heterocycles. The van der Waals surface area contributed by atoms with Crippen molar-refractivity contribution in [2.24, 2.45) is 0 Å². The summed E-state index contributed by atoms with van der Waals surface area (Å²) >= 11 is 0. The van der Waals surface area contributed by atoms with Gasteiger partial charge in [0.2, 0.25) is 0 Å². The van der Waals surface area contributed by atoms with Crippen LogP contribution in [0.2, 0.25) is 0 Å². The zero-order chi connectivity index (χ0) is 19.3. The van der Waals surface area contributed by atoms with Crippen molar-refractivity contribution in [3.8, 4) is 22.5 Å². The number of hydrogen-bond donors (Lipinski definition) is 0. The average molecular weight is 382 g/mol. The third-order valence-corrected chi connectivity index (χ3v) is 5.09. The molecule has 1 aliphatic rings. The Morgan fingerprint density at radius 2 is 1.75 bits per heavy atom. The molecule has 0 atom stereocenters. The highest BCUT2D eigenvalue weighted by Crippen LogP contribution is 2.40. The summed E-state index contributed by atoms with van der Waals surface area (Å²) in [5, 5.41) is 0. The zero-order valence-electron chi connectivity index (χ0n) is 14.9. The number of benzene rings is 1. The molecule has 0 radical (unpaired) electrons. The molecule has 4 nitrogen and oxygen atoms in total. The lowest BCUT2D eigenvalue weighted by atomic mass is 10.1. The molecule has 0 N–H and O–H groups in total. The van der Waals surface area contributed by atoms with E-state index in [1.54, 1.807) is 12.1 Å². The molecule has 1 aromatic carbocycles. The molecule has 1 saturated carbocycles. The molecule has 1 aliphatic carbocycles. The van der Waals surface area contributed by atoms with Gasteiger partial charge in [-0.25, -0.2) is 23.1 Å². The molecule has 0 unspecified atom stereocenters. The Balaban J connectivity index is 1.68. The smallest absolute Gasteiger partial charge is 0.256 e. The lowest BCUT2D eigenvalue weighted by Gasteiger charge is -2.11. The second kappa shape index (κ2) is 6.51. The summed E-state index contributed by atoms with van der Waals surface area (Å²) < 4.78 is 43.1. The fourth-order valence-corrected chi connectivity index (χ4v) is 3.61. The van der Waals surface area contributed by atoms with Gasteiger partial charge in [0.1, 0.15) is 11.5 Å². The first-order valence-electron chi connectivity index (χ1n) is 9.17. The Morgan fingerprint density at radius 3 is 2.46 bits per heavy atom. The van der Waals surface area contributed by atoms with Gasteiger partial charge >= 0.3 is 0 Å². The van der Waals surface area contributed by atoms with Crippen LogP contribution >= 0.6 is 0 Å². The first-order valence-corrected chi connectivity index (χ1v) is 9.17. The van der Waals surface area contributed by atoms with E-state index in [0.717, 1.165) is 29.7 Å². The second-order valence-corrected chi connectivity index (χ2v) is 7.10. The standard InChI is InChI=1S/C21H17F3N4/c22-16-6-3-14(4-7-16)20-21(27(12-26-20)11-18(23)24)15-5-8-19-25-9-17(13-1-2-13)28(19)10-15/h3-10,12-13,18H,1-2,11H2. The van der Waals surface area contributed by atoms with Gasteiger partial charge in [0, 0.05) is 35.1 Å². The summed E-state index contributed by atoms with van der Waals surface area (Å²) in [5.74, 6) is 0.152. The normalized spacial score (nSPS) is 14.3. The van der Waals surface area contributed by atoms with Crippen molar-refractivity contribution in [2.45, 2.75) is 31.7 Å². The summed E-state index contributed by atoms with van der Waals surface area (Å²) in [7, 11) is 0. The minimum atomic E-state index is -2.51. The Bertz CT molecular complexity index is 1140. The highest BCUT2D eigenvalue weighted by molar-refractivity contribution is 5.79. The Hall–Kier alpha value is -3.09. The van der Waals surface area contributed by atoms with Crippen LogP contribution in [-0.2, 0) is 6.54 Å². The Kier molecular flexibility index (Phi) is 3.96. The molecule has 7 heteroatoms. The molecule has 0 aliphatic heterocycles. The third-order valence-electron chi connectivity index (χ3n) is 5.09. The molecule has 0 amide bonds. The van der Waals surface area contributed by atoms with E-state index >= 15 is 0 Å². The zero-order valence-corrected chi connectivity index (χ0v) is 14.9. The predicted molar refractivity (Wildman–Crippen MR) is 99.8 cm³/mol. The number of nitrogens with zero attached hydrogens (tertiary/aromatic N) is 4. The van der Waals surface area contributed by atoms with Crippen LogP contribution in [-0.4, -0.2) is 25.4 Å². The van der Waals surface area contributed by atoms with Gasteiger partial charge in [-0.3, -0.25) is 0 Å². The summed E-state index contributed by atoms with van der Waals surface area (Å²) in [6.07, 6.45) is 5.01. The number of hydrogen-bond acceptors (Lipinski definition) is 2. The minimum absolute atomic E-state index is 0.355. The number of alkyl halides is 2. The molecule has 0 spiro atoms. The highest BCUT2D eigenvalue weighted by atomic mass is 19.3. The van der Waals surface area contributed by atoms with Gasteiger partial charge in [-0.1, -0.05) is 0 Å². The number of halogens is 3. The van der Waals surface area contributed by atoms with Crippen LogP contribution in [0, 0.1) is 5.82 Å². The fraction of sp³-hybridized carbons (Fsp3) is 0.238. The largest absolute Gasteiger partial charge is 0.324 e. The van der Waals surface area contributed by atoms with Crippen LogP contribution in [0.5, 0.6) is 0 Å². The maximum atomic E-state index is 13.3. The number of rotatable bonds is 5. The molecule has 1 fully saturated rings. The molecule has 0 saturated heterocycles. The molecule has 3 aromatic heterocycles. The van der Waals surface area contributed by atoms with Gasteiger partial charge in [-0.15, -0.1) is 0 Å². The van der Waals surface area contributed by atoms with E-state index in [9.17, 15) is 13.2 Å². The molecule has 5 rings (SSSR count). The van der Waals surface area contributed by atoms with E-state index in [1.165, 1.54) is 23.0 Å². The lowest BCUT2D eigenvalue weighted by Crippen LogP contribution is -2.07. The Morgan fingerprint density at radius 1 is 1.00 bits per heavy atom. The van der Waals surface area contributed by atoms with Crippen LogP contribution in [0.1, 0.15) is 24.5 Å². The topological polar surface area (TPSA) is 35.1 Å². The number of fused-ring (bicyclic) bond motifs is 1. The SMILES string of the molecule is Fc1ccc(-c2ncn(CC(F)F)c2-c2ccc3ncc(C4CC4)n3c2)cc1. The quantitative estimate of drug-likeness (QED) is 0.479. The summed E-state index contributed by atoms with van der Waals surface area (Å²) in [4.78, 5) is 8.81. The minimum Gasteiger partial charge on any atom is -0.324 e. The fourth-order valence-electron chi connectivity index (χ4n) is 3.61.